The van der Waals surface area contributed by atoms with Gasteiger partial charge in [0.2, 0.25) is 5.95 Å². The van der Waals surface area contributed by atoms with Crippen molar-refractivity contribution in [3.8, 4) is 0 Å². The van der Waals surface area contributed by atoms with Gasteiger partial charge in [0.15, 0.2) is 5.65 Å². The Bertz CT molecular complexity index is 827. The van der Waals surface area contributed by atoms with Gasteiger partial charge in [-0.25, -0.2) is 4.57 Å². The zero-order chi connectivity index (χ0) is 16.8. The first-order valence-corrected chi connectivity index (χ1v) is 8.18. The number of aliphatic hydroxyl groups is 1. The summed E-state index contributed by atoms with van der Waals surface area (Å²) in [5.74, 6) is -0.0674. The van der Waals surface area contributed by atoms with E-state index < -0.39 is 38.4 Å². The van der Waals surface area contributed by atoms with Crippen LogP contribution < -0.4 is 11.3 Å². The molecular formula is C11H15N4O7P. The topological polar surface area (TPSA) is 173 Å². The Morgan fingerprint density at radius 3 is 2.96 bits per heavy atom. The van der Waals surface area contributed by atoms with Crippen molar-refractivity contribution in [3.63, 3.8) is 0 Å². The van der Waals surface area contributed by atoms with Crippen molar-refractivity contribution < 1.29 is 28.7 Å². The molecule has 2 aromatic heterocycles. The molecule has 1 saturated heterocycles. The van der Waals surface area contributed by atoms with E-state index in [0.29, 0.717) is 5.39 Å². The summed E-state index contributed by atoms with van der Waals surface area (Å²) in [5.41, 5.74) is 5.38. The van der Waals surface area contributed by atoms with Gasteiger partial charge in [-0.1, -0.05) is 0 Å². The predicted molar refractivity (Wildman–Crippen MR) is 77.3 cm³/mol. The molecule has 1 aliphatic heterocycles. The summed E-state index contributed by atoms with van der Waals surface area (Å²) in [7, 11) is -4.72. The van der Waals surface area contributed by atoms with Gasteiger partial charge in [-0.15, -0.1) is 0 Å². The number of anilines is 1. The number of H-pyrrole nitrogens is 1. The number of rotatable bonds is 4. The Morgan fingerprint density at radius 2 is 2.30 bits per heavy atom. The number of nitrogens with two attached hydrogens (primary N) is 1. The lowest BCUT2D eigenvalue weighted by atomic mass is 10.2. The van der Waals surface area contributed by atoms with Gasteiger partial charge in [-0.2, -0.15) is 4.98 Å². The summed E-state index contributed by atoms with van der Waals surface area (Å²) in [6, 6.07) is 1.52. The van der Waals surface area contributed by atoms with Gasteiger partial charge >= 0.3 is 7.82 Å². The highest BCUT2D eigenvalue weighted by atomic mass is 31.2. The molecule has 12 heteroatoms. The minimum atomic E-state index is -4.72. The van der Waals surface area contributed by atoms with E-state index >= 15 is 0 Å². The molecule has 0 aliphatic carbocycles. The Hall–Kier alpha value is -1.75. The number of fused-ring (bicyclic) bond motifs is 1. The zero-order valence-corrected chi connectivity index (χ0v) is 12.6. The van der Waals surface area contributed by atoms with Gasteiger partial charge in [0.25, 0.3) is 5.56 Å². The van der Waals surface area contributed by atoms with Crippen LogP contribution in [0.1, 0.15) is 12.6 Å². The molecule has 0 saturated carbocycles. The van der Waals surface area contributed by atoms with E-state index in [4.69, 9.17) is 20.3 Å². The van der Waals surface area contributed by atoms with E-state index in [2.05, 4.69) is 14.5 Å². The molecule has 0 aromatic carbocycles. The lowest BCUT2D eigenvalue weighted by Crippen LogP contribution is -2.26. The van der Waals surface area contributed by atoms with Crippen LogP contribution in [0.4, 0.5) is 5.95 Å². The Balaban J connectivity index is 1.94. The summed E-state index contributed by atoms with van der Waals surface area (Å²) in [4.78, 5) is 36.1. The first-order valence-electron chi connectivity index (χ1n) is 6.65. The first kappa shape index (κ1) is 16.1. The third kappa shape index (κ3) is 3.15. The molecular weight excluding hydrogens is 331 g/mol. The third-order valence-corrected chi connectivity index (χ3v) is 4.09. The molecule has 0 radical (unpaired) electrons. The predicted octanol–water partition coefficient (Wildman–Crippen LogP) is -0.936. The quantitative estimate of drug-likeness (QED) is 0.438. The van der Waals surface area contributed by atoms with Crippen LogP contribution >= 0.6 is 7.82 Å². The van der Waals surface area contributed by atoms with E-state index in [0.717, 1.165) is 0 Å². The fraction of sp³-hybridized carbons (Fsp3) is 0.455. The molecule has 3 heterocycles. The Morgan fingerprint density at radius 1 is 1.57 bits per heavy atom. The first-order chi connectivity index (χ1) is 10.8. The maximum Gasteiger partial charge on any atom is 0.469 e. The largest absolute Gasteiger partial charge is 0.469 e. The van der Waals surface area contributed by atoms with Crippen molar-refractivity contribution in [2.75, 3.05) is 12.3 Å². The van der Waals surface area contributed by atoms with Crippen LogP contribution in [0.15, 0.2) is 17.1 Å². The highest BCUT2D eigenvalue weighted by Gasteiger charge is 2.40. The Kier molecular flexibility index (Phi) is 4.00. The summed E-state index contributed by atoms with van der Waals surface area (Å²) in [6.45, 7) is -0.476. The van der Waals surface area contributed by atoms with Crippen LogP contribution in [-0.2, 0) is 13.8 Å². The van der Waals surface area contributed by atoms with Gasteiger partial charge in [0, 0.05) is 12.6 Å². The second-order valence-electron chi connectivity index (χ2n) is 5.09. The SMILES string of the molecule is Nc1nc2c(ccn2[C@H]2C[C@H](OP(=O)(O)O)[C@@H](CO)O2)c(=O)[nH]1. The third-order valence-electron chi connectivity index (χ3n) is 3.54. The molecule has 23 heavy (non-hydrogen) atoms. The number of hydrogen-bond acceptors (Lipinski definition) is 7. The lowest BCUT2D eigenvalue weighted by Gasteiger charge is -2.16. The van der Waals surface area contributed by atoms with Gasteiger partial charge in [-0.3, -0.25) is 14.3 Å². The maximum atomic E-state index is 11.8. The number of ether oxygens (including phenoxy) is 1. The van der Waals surface area contributed by atoms with Crippen molar-refractivity contribution in [3.05, 3.63) is 22.6 Å². The van der Waals surface area contributed by atoms with Crippen LogP contribution in [0, 0.1) is 0 Å². The normalized spacial score (nSPS) is 25.3. The molecule has 0 amide bonds. The van der Waals surface area contributed by atoms with E-state index in [1.54, 1.807) is 6.20 Å². The molecule has 11 nitrogen and oxygen atoms in total. The van der Waals surface area contributed by atoms with Gasteiger partial charge < -0.3 is 29.9 Å². The molecule has 2 aromatic rings. The summed E-state index contributed by atoms with van der Waals surface area (Å²) < 4.78 is 22.7. The average molecular weight is 346 g/mol. The van der Waals surface area contributed by atoms with Crippen molar-refractivity contribution in [1.82, 2.24) is 14.5 Å². The molecule has 0 spiro atoms. The summed E-state index contributed by atoms with van der Waals surface area (Å²) in [6.07, 6.45) is -1.01. The van der Waals surface area contributed by atoms with E-state index in [9.17, 15) is 14.5 Å². The highest BCUT2D eigenvalue weighted by molar-refractivity contribution is 7.46. The number of aromatic amines is 1. The fourth-order valence-corrected chi connectivity index (χ4v) is 3.19. The number of aromatic nitrogens is 3. The van der Waals surface area contributed by atoms with Crippen molar-refractivity contribution in [1.29, 1.82) is 0 Å². The van der Waals surface area contributed by atoms with Crippen LogP contribution in [-0.4, -0.2) is 48.2 Å². The minimum absolute atomic E-state index is 0.0640. The number of nitrogen functional groups attached to an aromatic ring is 1. The van der Waals surface area contributed by atoms with Crippen LogP contribution in [0.5, 0.6) is 0 Å². The highest BCUT2D eigenvalue weighted by Crippen LogP contribution is 2.43. The van der Waals surface area contributed by atoms with E-state index in [1.807, 2.05) is 0 Å². The number of nitrogens with zero attached hydrogens (tertiary/aromatic N) is 2. The second-order valence-corrected chi connectivity index (χ2v) is 6.29. The van der Waals surface area contributed by atoms with Gasteiger partial charge in [-0.05, 0) is 6.07 Å². The molecule has 3 rings (SSSR count). The zero-order valence-electron chi connectivity index (χ0n) is 11.7. The second kappa shape index (κ2) is 5.71. The molecule has 1 aliphatic rings. The summed E-state index contributed by atoms with van der Waals surface area (Å²) >= 11 is 0. The van der Waals surface area contributed by atoms with Gasteiger partial charge in [0.1, 0.15) is 18.4 Å². The number of aliphatic hydroxyl groups excluding tert-OH is 1. The molecule has 126 valence electrons. The van der Waals surface area contributed by atoms with Crippen LogP contribution in [0.3, 0.4) is 0 Å². The monoisotopic (exact) mass is 346 g/mol. The summed E-state index contributed by atoms with van der Waals surface area (Å²) in [5, 5.41) is 9.59. The minimum Gasteiger partial charge on any atom is -0.394 e. The molecule has 6 N–H and O–H groups in total. The lowest BCUT2D eigenvalue weighted by molar-refractivity contribution is -0.0424. The van der Waals surface area contributed by atoms with E-state index in [-0.39, 0.29) is 18.0 Å². The van der Waals surface area contributed by atoms with Crippen LogP contribution in [0.25, 0.3) is 11.0 Å². The molecule has 3 atom stereocenters. The van der Waals surface area contributed by atoms with Crippen LogP contribution in [0.2, 0.25) is 0 Å². The molecule has 0 unspecified atom stereocenters. The Labute approximate surface area is 128 Å². The van der Waals surface area contributed by atoms with Crippen molar-refractivity contribution in [2.24, 2.45) is 0 Å². The maximum absolute atomic E-state index is 11.8. The van der Waals surface area contributed by atoms with E-state index in [1.165, 1.54) is 10.6 Å². The number of nitrogens with one attached hydrogen (secondary N) is 1. The van der Waals surface area contributed by atoms with Crippen molar-refractivity contribution in [2.45, 2.75) is 24.9 Å². The fourth-order valence-electron chi connectivity index (χ4n) is 2.61. The standard InChI is InChI=1S/C11H15N4O7P/c12-11-13-9-5(10(17)14-11)1-2-15(9)8-3-6(7(4-16)21-8)22-23(18,19)20/h1-2,6-8,16H,3-4H2,(H2,18,19,20)(H3,12,13,14,17)/t6-,7+,8+/m0/s1. The van der Waals surface area contributed by atoms with Gasteiger partial charge in [0.05, 0.1) is 12.0 Å². The number of phosphoric ester groups is 1. The molecule has 0 bridgehead atoms. The smallest absolute Gasteiger partial charge is 0.394 e. The number of hydrogen-bond donors (Lipinski definition) is 5. The molecule has 1 fully saturated rings. The number of phosphoric acid groups is 1. The van der Waals surface area contributed by atoms with Crippen molar-refractivity contribution >= 4 is 24.8 Å². The average Bonchev–Trinajstić information content (AvgIpc) is 3.00.